The van der Waals surface area contributed by atoms with Gasteiger partial charge in [0.05, 0.1) is 17.6 Å². The first-order valence-electron chi connectivity index (χ1n) is 4.52. The maximum absolute atomic E-state index is 11.2. The fraction of sp³-hybridized carbons (Fsp3) is 0.444. The van der Waals surface area contributed by atoms with Gasteiger partial charge in [-0.25, -0.2) is 0 Å². The van der Waals surface area contributed by atoms with Gasteiger partial charge in [0, 0.05) is 11.4 Å². The molecule has 0 aromatic heterocycles. The molecule has 0 spiro atoms. The highest BCUT2D eigenvalue weighted by Gasteiger charge is 2.45. The van der Waals surface area contributed by atoms with E-state index in [-0.39, 0.29) is 11.3 Å². The van der Waals surface area contributed by atoms with Gasteiger partial charge in [0.1, 0.15) is 5.70 Å². The summed E-state index contributed by atoms with van der Waals surface area (Å²) in [7, 11) is 0. The zero-order chi connectivity index (χ0) is 11.0. The van der Waals surface area contributed by atoms with Crippen LogP contribution in [0.5, 0.6) is 0 Å². The van der Waals surface area contributed by atoms with Crippen LogP contribution in [0.3, 0.4) is 0 Å². The van der Waals surface area contributed by atoms with Crippen molar-refractivity contribution >= 4 is 29.8 Å². The van der Waals surface area contributed by atoms with Gasteiger partial charge in [-0.2, -0.15) is 0 Å². The van der Waals surface area contributed by atoms with Crippen LogP contribution in [0.15, 0.2) is 10.6 Å². The van der Waals surface area contributed by atoms with Gasteiger partial charge < -0.3 is 5.32 Å². The lowest BCUT2D eigenvalue weighted by molar-refractivity contribution is -0.137. The first-order valence-corrected chi connectivity index (χ1v) is 5.40. The van der Waals surface area contributed by atoms with Crippen molar-refractivity contribution in [1.29, 1.82) is 5.41 Å². The molecule has 1 fully saturated rings. The molecule has 0 aliphatic carbocycles. The summed E-state index contributed by atoms with van der Waals surface area (Å²) in [5.74, 6) is 0.321. The first kappa shape index (κ1) is 10.2. The lowest BCUT2D eigenvalue weighted by Crippen LogP contribution is -2.47. The molecule has 0 bridgehead atoms. The number of thioether (sulfide) groups is 1. The fourth-order valence-corrected chi connectivity index (χ4v) is 2.84. The van der Waals surface area contributed by atoms with Crippen LogP contribution in [0.4, 0.5) is 0 Å². The molecule has 6 heteroatoms. The predicted octanol–water partition coefficient (Wildman–Crippen LogP) is 0.200. The molecule has 15 heavy (non-hydrogen) atoms. The van der Waals surface area contributed by atoms with E-state index in [0.717, 1.165) is 4.91 Å². The number of hydrogen-bond donors (Lipinski definition) is 2. The number of nitrogens with zero attached hydrogens (tertiary/aromatic N) is 1. The average molecular weight is 224 g/mol. The third-order valence-corrected chi connectivity index (χ3v) is 3.57. The molecule has 2 aliphatic heterocycles. The van der Waals surface area contributed by atoms with E-state index in [1.807, 2.05) is 0 Å². The Hall–Kier alpha value is -1.30. The minimum atomic E-state index is -0.0209. The lowest BCUT2D eigenvalue weighted by Gasteiger charge is -2.33. The summed E-state index contributed by atoms with van der Waals surface area (Å²) < 4.78 is 0. The Morgan fingerprint density at radius 3 is 3.07 bits per heavy atom. The van der Waals surface area contributed by atoms with Crippen molar-refractivity contribution in [2.45, 2.75) is 18.7 Å². The second-order valence-corrected chi connectivity index (χ2v) is 4.67. The molecule has 1 radical (unpaired) electrons. The number of β-lactam (4-membered cyclic amide) rings is 1. The van der Waals surface area contributed by atoms with E-state index in [4.69, 9.17) is 5.41 Å². The molecule has 2 aliphatic rings. The van der Waals surface area contributed by atoms with Gasteiger partial charge in [-0.3, -0.25) is 19.9 Å². The number of rotatable bonds is 3. The van der Waals surface area contributed by atoms with Gasteiger partial charge in [-0.15, -0.1) is 11.8 Å². The van der Waals surface area contributed by atoms with Crippen molar-refractivity contribution < 1.29 is 9.59 Å². The van der Waals surface area contributed by atoms with E-state index in [9.17, 15) is 9.59 Å². The Kier molecular flexibility index (Phi) is 2.52. The average Bonchev–Trinajstić information content (AvgIpc) is 2.46. The number of carbonyl (C=O) groups excluding carboxylic acids is 2. The summed E-state index contributed by atoms with van der Waals surface area (Å²) in [6, 6.07) is 0. The van der Waals surface area contributed by atoms with E-state index in [0.29, 0.717) is 24.5 Å². The molecular weight excluding hydrogens is 214 g/mol. The van der Waals surface area contributed by atoms with E-state index >= 15 is 0 Å². The second-order valence-electron chi connectivity index (χ2n) is 3.39. The molecule has 1 amide bonds. The molecule has 0 aromatic rings. The third-order valence-electron chi connectivity index (χ3n) is 2.30. The number of hydrogen-bond acceptors (Lipinski definition) is 4. The summed E-state index contributed by atoms with van der Waals surface area (Å²) in [4.78, 5) is 24.2. The molecule has 2 heterocycles. The number of carbonyl (C=O) groups is 1. The Morgan fingerprint density at radius 1 is 1.80 bits per heavy atom. The largest absolute Gasteiger partial charge is 0.370 e. The highest BCUT2D eigenvalue weighted by molar-refractivity contribution is 8.04. The molecule has 0 saturated carbocycles. The Morgan fingerprint density at radius 2 is 2.53 bits per heavy atom. The van der Waals surface area contributed by atoms with Gasteiger partial charge in [-0.1, -0.05) is 0 Å². The number of amidine groups is 1. The first-order chi connectivity index (χ1) is 7.13. The van der Waals surface area contributed by atoms with Gasteiger partial charge in [0.25, 0.3) is 6.29 Å². The second kappa shape index (κ2) is 3.69. The number of amides is 1. The smallest absolute Gasteiger partial charge is 0.252 e. The predicted molar refractivity (Wildman–Crippen MR) is 57.0 cm³/mol. The highest BCUT2D eigenvalue weighted by atomic mass is 32.2. The van der Waals surface area contributed by atoms with Gasteiger partial charge >= 0.3 is 0 Å². The summed E-state index contributed by atoms with van der Waals surface area (Å²) in [5.41, 5.74) is 0.343. The fourth-order valence-electron chi connectivity index (χ4n) is 1.55. The summed E-state index contributed by atoms with van der Waals surface area (Å²) in [5, 5.41) is 10.1. The van der Waals surface area contributed by atoms with Crippen molar-refractivity contribution in [3.63, 3.8) is 0 Å². The van der Waals surface area contributed by atoms with Crippen molar-refractivity contribution in [2.24, 2.45) is 0 Å². The minimum absolute atomic E-state index is 0.0209. The molecule has 0 aromatic carbocycles. The van der Waals surface area contributed by atoms with Crippen molar-refractivity contribution in [3.05, 3.63) is 10.6 Å². The van der Waals surface area contributed by atoms with E-state index < -0.39 is 0 Å². The van der Waals surface area contributed by atoms with Crippen LogP contribution in [0.25, 0.3) is 0 Å². The monoisotopic (exact) mass is 224 g/mol. The van der Waals surface area contributed by atoms with Crippen LogP contribution < -0.4 is 5.32 Å². The van der Waals surface area contributed by atoms with Crippen molar-refractivity contribution in [2.75, 3.05) is 6.54 Å². The Bertz CT molecular complexity index is 378. The van der Waals surface area contributed by atoms with E-state index in [1.165, 1.54) is 16.7 Å². The van der Waals surface area contributed by atoms with Crippen LogP contribution in [-0.2, 0) is 9.59 Å². The summed E-state index contributed by atoms with van der Waals surface area (Å²) in [6.07, 6.45) is 2.29. The van der Waals surface area contributed by atoms with Gasteiger partial charge in [-0.05, 0) is 6.92 Å². The van der Waals surface area contributed by atoms with Gasteiger partial charge in [0.15, 0.2) is 0 Å². The topological polar surface area (TPSA) is 73.3 Å². The number of fused-ring (bicyclic) bond motifs is 1. The molecule has 0 unspecified atom stereocenters. The van der Waals surface area contributed by atoms with Crippen LogP contribution in [-0.4, -0.2) is 34.8 Å². The van der Waals surface area contributed by atoms with E-state index in [1.54, 1.807) is 13.2 Å². The minimum Gasteiger partial charge on any atom is -0.370 e. The van der Waals surface area contributed by atoms with Gasteiger partial charge in [0.2, 0.25) is 5.91 Å². The van der Waals surface area contributed by atoms with Crippen LogP contribution in [0, 0.1) is 5.41 Å². The Labute approximate surface area is 91.4 Å². The van der Waals surface area contributed by atoms with Crippen molar-refractivity contribution in [1.82, 2.24) is 10.2 Å². The molecular formula is C9H10N3O2S. The maximum Gasteiger partial charge on any atom is 0.252 e. The highest BCUT2D eigenvalue weighted by Crippen LogP contribution is 2.44. The van der Waals surface area contributed by atoms with Crippen molar-refractivity contribution in [3.8, 4) is 0 Å². The zero-order valence-corrected chi connectivity index (χ0v) is 8.98. The molecule has 79 valence electrons. The maximum atomic E-state index is 11.2. The standard InChI is InChI=1S/C9H10N3O2S/c1-5(10)11-3-7-6(4-13)12-8(14)2-9(12)15-7/h9H,2-3H2,1H3,(H2,10,11)/t9-/m1/s1. The van der Waals surface area contributed by atoms with Crippen LogP contribution in [0.1, 0.15) is 13.3 Å². The lowest BCUT2D eigenvalue weighted by atomic mass is 10.2. The molecule has 1 saturated heterocycles. The summed E-state index contributed by atoms with van der Waals surface area (Å²) >= 11 is 1.50. The zero-order valence-electron chi connectivity index (χ0n) is 8.16. The Balaban J connectivity index is 2.11. The molecule has 2 rings (SSSR count). The molecule has 2 N–H and O–H groups in total. The summed E-state index contributed by atoms with van der Waals surface area (Å²) in [6.45, 7) is 2.05. The SMILES string of the molecule is CC(=N)NCC1=C([C]=O)N2C(=O)C[C@H]2S1. The van der Waals surface area contributed by atoms with E-state index in [2.05, 4.69) is 5.32 Å². The molecule has 1 atom stereocenters. The third kappa shape index (κ3) is 1.65. The van der Waals surface area contributed by atoms with Crippen LogP contribution >= 0.6 is 11.8 Å². The number of allylic oxidation sites excluding steroid dienone is 1. The molecule has 5 nitrogen and oxygen atoms in total. The van der Waals surface area contributed by atoms with Crippen LogP contribution in [0.2, 0.25) is 0 Å². The quantitative estimate of drug-likeness (QED) is 0.408. The number of nitrogens with one attached hydrogen (secondary N) is 2. The normalized spacial score (nSPS) is 23.7.